The van der Waals surface area contributed by atoms with Gasteiger partial charge in [0, 0.05) is 46.0 Å². The highest BCUT2D eigenvalue weighted by molar-refractivity contribution is 7.89. The van der Waals surface area contributed by atoms with Gasteiger partial charge in [0.2, 0.25) is 10.0 Å². The standard InChI is InChI=1S/C12H20N4O3S/c1-13-12-3-2-11(10-14-12)20(18,19)16-6-4-15(5-7-16)8-9-17/h2-3,10,17H,4-9H2,1H3,(H,13,14). The van der Waals surface area contributed by atoms with E-state index in [4.69, 9.17) is 5.11 Å². The monoisotopic (exact) mass is 300 g/mol. The number of β-amino-alcohol motifs (C(OH)–C–C–N with tert-alkyl or cyclic N) is 1. The largest absolute Gasteiger partial charge is 0.395 e. The zero-order chi connectivity index (χ0) is 14.6. The summed E-state index contributed by atoms with van der Waals surface area (Å²) < 4.78 is 26.4. The summed E-state index contributed by atoms with van der Waals surface area (Å²) in [6, 6.07) is 3.21. The van der Waals surface area contributed by atoms with Gasteiger partial charge in [0.05, 0.1) is 6.61 Å². The number of aliphatic hydroxyl groups is 1. The maximum Gasteiger partial charge on any atom is 0.244 e. The number of piperazine rings is 1. The van der Waals surface area contributed by atoms with Gasteiger partial charge in [-0.25, -0.2) is 13.4 Å². The third-order valence-electron chi connectivity index (χ3n) is 3.38. The third kappa shape index (κ3) is 3.26. The summed E-state index contributed by atoms with van der Waals surface area (Å²) in [5.74, 6) is 0.636. The molecule has 1 saturated heterocycles. The molecule has 1 fully saturated rings. The van der Waals surface area contributed by atoms with Gasteiger partial charge in [-0.2, -0.15) is 4.31 Å². The third-order valence-corrected chi connectivity index (χ3v) is 5.26. The van der Waals surface area contributed by atoms with Gasteiger partial charge in [-0.05, 0) is 12.1 Å². The van der Waals surface area contributed by atoms with Crippen molar-refractivity contribution in [2.45, 2.75) is 4.90 Å². The van der Waals surface area contributed by atoms with Crippen molar-refractivity contribution in [3.05, 3.63) is 18.3 Å². The first-order valence-corrected chi connectivity index (χ1v) is 7.99. The van der Waals surface area contributed by atoms with Crippen LogP contribution >= 0.6 is 0 Å². The molecule has 0 saturated carbocycles. The van der Waals surface area contributed by atoms with Gasteiger partial charge < -0.3 is 10.4 Å². The number of hydrogen-bond donors (Lipinski definition) is 2. The molecular formula is C12H20N4O3S. The average Bonchev–Trinajstić information content (AvgIpc) is 2.48. The summed E-state index contributed by atoms with van der Waals surface area (Å²) in [5, 5.41) is 11.7. The van der Waals surface area contributed by atoms with Crippen molar-refractivity contribution in [2.24, 2.45) is 0 Å². The van der Waals surface area contributed by atoms with Crippen molar-refractivity contribution in [1.82, 2.24) is 14.2 Å². The lowest BCUT2D eigenvalue weighted by Crippen LogP contribution is -2.49. The molecule has 0 amide bonds. The quantitative estimate of drug-likeness (QED) is 0.757. The molecule has 0 unspecified atom stereocenters. The second-order valence-electron chi connectivity index (χ2n) is 4.60. The van der Waals surface area contributed by atoms with Crippen LogP contribution in [0.15, 0.2) is 23.2 Å². The van der Waals surface area contributed by atoms with E-state index in [0.717, 1.165) is 0 Å². The van der Waals surface area contributed by atoms with E-state index in [2.05, 4.69) is 10.3 Å². The van der Waals surface area contributed by atoms with E-state index in [-0.39, 0.29) is 11.5 Å². The van der Waals surface area contributed by atoms with Crippen LogP contribution in [0.3, 0.4) is 0 Å². The summed E-state index contributed by atoms with van der Waals surface area (Å²) in [6.45, 7) is 2.85. The molecule has 7 nitrogen and oxygen atoms in total. The minimum Gasteiger partial charge on any atom is -0.395 e. The van der Waals surface area contributed by atoms with E-state index in [1.54, 1.807) is 19.2 Å². The predicted molar refractivity (Wildman–Crippen MR) is 76.1 cm³/mol. The lowest BCUT2D eigenvalue weighted by atomic mass is 10.4. The molecule has 1 aromatic heterocycles. The number of hydrogen-bond acceptors (Lipinski definition) is 6. The summed E-state index contributed by atoms with van der Waals surface area (Å²) >= 11 is 0. The zero-order valence-electron chi connectivity index (χ0n) is 11.5. The molecule has 1 aliphatic heterocycles. The Bertz CT molecular complexity index is 524. The number of aromatic nitrogens is 1. The smallest absolute Gasteiger partial charge is 0.244 e. The molecule has 1 aliphatic rings. The second-order valence-corrected chi connectivity index (χ2v) is 6.54. The highest BCUT2D eigenvalue weighted by Gasteiger charge is 2.28. The SMILES string of the molecule is CNc1ccc(S(=O)(=O)N2CCN(CCO)CC2)cn1. The van der Waals surface area contributed by atoms with Gasteiger partial charge in [0.15, 0.2) is 0 Å². The molecular weight excluding hydrogens is 280 g/mol. The van der Waals surface area contributed by atoms with E-state index in [9.17, 15) is 8.42 Å². The number of rotatable bonds is 5. The fraction of sp³-hybridized carbons (Fsp3) is 0.583. The molecule has 112 valence electrons. The first-order valence-electron chi connectivity index (χ1n) is 6.55. The first-order chi connectivity index (χ1) is 9.57. The van der Waals surface area contributed by atoms with Crippen LogP contribution in [0.25, 0.3) is 0 Å². The molecule has 0 aliphatic carbocycles. The highest BCUT2D eigenvalue weighted by atomic mass is 32.2. The number of sulfonamides is 1. The van der Waals surface area contributed by atoms with E-state index in [1.807, 2.05) is 4.90 Å². The summed E-state index contributed by atoms with van der Waals surface area (Å²) in [6.07, 6.45) is 1.38. The Balaban J connectivity index is 2.07. The first kappa shape index (κ1) is 15.2. The summed E-state index contributed by atoms with van der Waals surface area (Å²) in [5.41, 5.74) is 0. The maximum atomic E-state index is 12.4. The average molecular weight is 300 g/mol. The van der Waals surface area contributed by atoms with Crippen LogP contribution in [0.1, 0.15) is 0 Å². The van der Waals surface area contributed by atoms with Gasteiger partial charge in [-0.1, -0.05) is 0 Å². The van der Waals surface area contributed by atoms with Crippen molar-refractivity contribution < 1.29 is 13.5 Å². The minimum atomic E-state index is -3.47. The Morgan fingerprint density at radius 3 is 2.50 bits per heavy atom. The molecule has 0 atom stereocenters. The Labute approximate surface area is 119 Å². The van der Waals surface area contributed by atoms with Crippen LogP contribution in [0.4, 0.5) is 5.82 Å². The zero-order valence-corrected chi connectivity index (χ0v) is 12.3. The molecule has 8 heteroatoms. The van der Waals surface area contributed by atoms with E-state index in [0.29, 0.717) is 38.5 Å². The van der Waals surface area contributed by atoms with Crippen molar-refractivity contribution >= 4 is 15.8 Å². The number of aliphatic hydroxyl groups excluding tert-OH is 1. The fourth-order valence-electron chi connectivity index (χ4n) is 2.16. The highest BCUT2D eigenvalue weighted by Crippen LogP contribution is 2.17. The molecule has 0 radical (unpaired) electrons. The van der Waals surface area contributed by atoms with Gasteiger partial charge in [-0.3, -0.25) is 4.90 Å². The Morgan fingerprint density at radius 1 is 1.30 bits per heavy atom. The van der Waals surface area contributed by atoms with Crippen molar-refractivity contribution in [3.8, 4) is 0 Å². The molecule has 0 spiro atoms. The van der Waals surface area contributed by atoms with Crippen LogP contribution in [0, 0.1) is 0 Å². The molecule has 0 aromatic carbocycles. The number of pyridine rings is 1. The fourth-order valence-corrected chi connectivity index (χ4v) is 3.53. The van der Waals surface area contributed by atoms with Gasteiger partial charge in [-0.15, -0.1) is 0 Å². The second kappa shape index (κ2) is 6.49. The number of nitrogens with one attached hydrogen (secondary N) is 1. The molecule has 2 heterocycles. The number of nitrogens with zero attached hydrogens (tertiary/aromatic N) is 3. The van der Waals surface area contributed by atoms with E-state index >= 15 is 0 Å². The van der Waals surface area contributed by atoms with Crippen LogP contribution in [-0.2, 0) is 10.0 Å². The van der Waals surface area contributed by atoms with E-state index < -0.39 is 10.0 Å². The molecule has 2 rings (SSSR count). The molecule has 0 bridgehead atoms. The Morgan fingerprint density at radius 2 is 2.00 bits per heavy atom. The lowest BCUT2D eigenvalue weighted by molar-refractivity contribution is 0.151. The van der Waals surface area contributed by atoms with Crippen molar-refractivity contribution in [2.75, 3.05) is 51.7 Å². The molecule has 1 aromatic rings. The van der Waals surface area contributed by atoms with Crippen LogP contribution in [0.2, 0.25) is 0 Å². The molecule has 2 N–H and O–H groups in total. The molecule has 20 heavy (non-hydrogen) atoms. The predicted octanol–water partition coefficient (Wildman–Crippen LogP) is -0.578. The minimum absolute atomic E-state index is 0.0994. The van der Waals surface area contributed by atoms with Crippen molar-refractivity contribution in [1.29, 1.82) is 0 Å². The van der Waals surface area contributed by atoms with Crippen LogP contribution in [-0.4, -0.2) is 74.1 Å². The summed E-state index contributed by atoms with van der Waals surface area (Å²) in [7, 11) is -1.74. The normalized spacial score (nSPS) is 18.1. The van der Waals surface area contributed by atoms with Gasteiger partial charge >= 0.3 is 0 Å². The summed E-state index contributed by atoms with van der Waals surface area (Å²) in [4.78, 5) is 6.31. The Kier molecular flexibility index (Phi) is 4.92. The lowest BCUT2D eigenvalue weighted by Gasteiger charge is -2.33. The van der Waals surface area contributed by atoms with Crippen molar-refractivity contribution in [3.63, 3.8) is 0 Å². The van der Waals surface area contributed by atoms with Crippen LogP contribution in [0.5, 0.6) is 0 Å². The van der Waals surface area contributed by atoms with Crippen LogP contribution < -0.4 is 5.32 Å². The Hall–Kier alpha value is -1.22. The maximum absolute atomic E-state index is 12.4. The van der Waals surface area contributed by atoms with Gasteiger partial charge in [0.25, 0.3) is 0 Å². The van der Waals surface area contributed by atoms with Gasteiger partial charge in [0.1, 0.15) is 10.7 Å². The van der Waals surface area contributed by atoms with E-state index in [1.165, 1.54) is 10.5 Å². The number of anilines is 1. The topological polar surface area (TPSA) is 85.8 Å².